The maximum atomic E-state index is 12.5. The molecule has 0 spiro atoms. The average Bonchev–Trinajstić information content (AvgIpc) is 2.65. The van der Waals surface area contributed by atoms with E-state index in [9.17, 15) is 17.8 Å². The summed E-state index contributed by atoms with van der Waals surface area (Å²) in [4.78, 5) is 9.11. The lowest BCUT2D eigenvalue weighted by Gasteiger charge is -2.32. The van der Waals surface area contributed by atoms with Crippen molar-refractivity contribution in [1.29, 1.82) is 5.41 Å². The van der Waals surface area contributed by atoms with Crippen molar-refractivity contribution in [2.45, 2.75) is 31.1 Å². The molecule has 3 rings (SSSR count). The van der Waals surface area contributed by atoms with E-state index in [1.807, 2.05) is 0 Å². The Hall–Kier alpha value is -2.42. The Labute approximate surface area is 167 Å². The van der Waals surface area contributed by atoms with Crippen LogP contribution in [0.15, 0.2) is 42.5 Å². The van der Waals surface area contributed by atoms with Gasteiger partial charge in [-0.3, -0.25) is 9.35 Å². The van der Waals surface area contributed by atoms with Crippen LogP contribution in [-0.2, 0) is 26.3 Å². The van der Waals surface area contributed by atoms with Crippen LogP contribution in [0, 0.1) is 5.41 Å². The van der Waals surface area contributed by atoms with E-state index in [-0.39, 0.29) is 29.4 Å². The molecular weight excluding hydrogens is 404 g/mol. The maximum Gasteiger partial charge on any atom is 0.316 e. The number of benzene rings is 2. The van der Waals surface area contributed by atoms with E-state index in [2.05, 4.69) is 5.32 Å². The first-order valence-electron chi connectivity index (χ1n) is 8.60. The molecule has 1 atom stereocenters. The molecule has 1 amide bonds. The predicted molar refractivity (Wildman–Crippen MR) is 107 cm³/mol. The van der Waals surface area contributed by atoms with Crippen LogP contribution < -0.4 is 10.1 Å². The number of halogens is 1. The monoisotopic (exact) mass is 422 g/mol. The highest BCUT2D eigenvalue weighted by molar-refractivity contribution is 7.87. The average molecular weight is 423 g/mol. The van der Waals surface area contributed by atoms with Gasteiger partial charge in [0.05, 0.1) is 5.71 Å². The Kier molecular flexibility index (Phi) is 5.47. The highest BCUT2D eigenvalue weighted by Gasteiger charge is 2.51. The molecule has 0 radical (unpaired) electrons. The van der Waals surface area contributed by atoms with Crippen molar-refractivity contribution < 1.29 is 22.5 Å². The van der Waals surface area contributed by atoms with Crippen LogP contribution in [0.4, 0.5) is 5.69 Å². The zero-order chi connectivity index (χ0) is 20.5. The quantitative estimate of drug-likeness (QED) is 0.484. The van der Waals surface area contributed by atoms with Gasteiger partial charge in [-0.2, -0.15) is 8.42 Å². The zero-order valence-electron chi connectivity index (χ0n) is 15.0. The summed E-state index contributed by atoms with van der Waals surface area (Å²) in [5, 5.41) is 11.4. The van der Waals surface area contributed by atoms with Crippen LogP contribution >= 0.6 is 11.6 Å². The number of fused-ring (bicyclic) bond motifs is 1. The molecule has 7 nitrogen and oxygen atoms in total. The minimum absolute atomic E-state index is 0.0312. The van der Waals surface area contributed by atoms with Crippen LogP contribution in [0.5, 0.6) is 5.75 Å². The topological polar surface area (TPSA) is 117 Å². The largest absolute Gasteiger partial charge is 0.459 e. The summed E-state index contributed by atoms with van der Waals surface area (Å²) in [6, 6.07) is 10.4. The Morgan fingerprint density at radius 3 is 2.54 bits per heavy atom. The Morgan fingerprint density at radius 2 is 1.93 bits per heavy atom. The molecule has 9 heteroatoms. The van der Waals surface area contributed by atoms with Crippen molar-refractivity contribution in [3.8, 4) is 5.75 Å². The van der Waals surface area contributed by atoms with Gasteiger partial charge in [-0.1, -0.05) is 30.7 Å². The molecule has 1 heterocycles. The third kappa shape index (κ3) is 3.63. The summed E-state index contributed by atoms with van der Waals surface area (Å²) in [5.74, 6) is 0.0584. The maximum absolute atomic E-state index is 12.5. The molecule has 1 aliphatic heterocycles. The van der Waals surface area contributed by atoms with Crippen LogP contribution in [0.3, 0.4) is 0 Å². The third-order valence-corrected chi connectivity index (χ3v) is 6.12. The smallest absolute Gasteiger partial charge is 0.316 e. The van der Waals surface area contributed by atoms with Gasteiger partial charge < -0.3 is 15.5 Å². The normalized spacial score (nSPS) is 15.9. The van der Waals surface area contributed by atoms with Gasteiger partial charge in [-0.15, -0.1) is 0 Å². The highest BCUT2D eigenvalue weighted by atomic mass is 35.5. The number of aryl methyl sites for hydroxylation is 1. The highest BCUT2D eigenvalue weighted by Crippen LogP contribution is 2.37. The lowest BCUT2D eigenvalue weighted by molar-refractivity contribution is -0.116. The minimum Gasteiger partial charge on any atom is -0.459 e. The van der Waals surface area contributed by atoms with E-state index in [0.717, 1.165) is 5.56 Å². The van der Waals surface area contributed by atoms with Gasteiger partial charge in [-0.25, -0.2) is 0 Å². The lowest BCUT2D eigenvalue weighted by Crippen LogP contribution is -2.48. The Morgan fingerprint density at radius 1 is 1.25 bits per heavy atom. The van der Waals surface area contributed by atoms with E-state index >= 15 is 0 Å². The number of nitrogens with one attached hydrogen (secondary N) is 2. The van der Waals surface area contributed by atoms with Crippen molar-refractivity contribution in [3.63, 3.8) is 0 Å². The second-order valence-corrected chi connectivity index (χ2v) is 8.36. The summed E-state index contributed by atoms with van der Waals surface area (Å²) in [7, 11) is -4.89. The molecule has 0 fully saturated rings. The van der Waals surface area contributed by atoms with Gasteiger partial charge in [-0.05, 0) is 48.7 Å². The van der Waals surface area contributed by atoms with Crippen LogP contribution in [0.25, 0.3) is 0 Å². The minimum atomic E-state index is -4.89. The van der Waals surface area contributed by atoms with Crippen molar-refractivity contribution in [2.24, 2.45) is 0 Å². The van der Waals surface area contributed by atoms with E-state index in [4.69, 9.17) is 21.7 Å². The number of carbonyl (C=O) groups is 1. The number of ether oxygens (including phenoxy) is 1. The number of hydrogen-bond acceptors (Lipinski definition) is 5. The van der Waals surface area contributed by atoms with Gasteiger partial charge in [0.25, 0.3) is 4.93 Å². The summed E-state index contributed by atoms with van der Waals surface area (Å²) in [6.45, 7) is 1.60. The lowest BCUT2D eigenvalue weighted by atomic mass is 10.0. The first-order valence-corrected chi connectivity index (χ1v) is 10.4. The number of rotatable bonds is 6. The first kappa shape index (κ1) is 20.3. The molecule has 2 aromatic carbocycles. The second kappa shape index (κ2) is 7.54. The van der Waals surface area contributed by atoms with E-state index in [1.54, 1.807) is 19.1 Å². The number of amides is 1. The fourth-order valence-electron chi connectivity index (χ4n) is 3.14. The Balaban J connectivity index is 2.13. The summed E-state index contributed by atoms with van der Waals surface area (Å²) >= 11 is 5.90. The summed E-state index contributed by atoms with van der Waals surface area (Å²) in [5.41, 5.74) is 1.14. The van der Waals surface area contributed by atoms with Gasteiger partial charge >= 0.3 is 10.1 Å². The van der Waals surface area contributed by atoms with Gasteiger partial charge in [0.1, 0.15) is 5.75 Å². The SMILES string of the molecule is CCC(=N)C(Oc1ccc2c(c1)CCC(=O)N2)(c1ccc(Cl)cc1)S(=O)(=O)O. The molecule has 148 valence electrons. The van der Waals surface area contributed by atoms with Gasteiger partial charge in [0.2, 0.25) is 5.91 Å². The summed E-state index contributed by atoms with van der Waals surface area (Å²) in [6.07, 6.45) is 0.814. The van der Waals surface area contributed by atoms with Gasteiger partial charge in [0, 0.05) is 22.7 Å². The number of carbonyl (C=O) groups excluding carboxylic acids is 1. The van der Waals surface area contributed by atoms with Crippen LogP contribution in [0.1, 0.15) is 30.9 Å². The first-order chi connectivity index (χ1) is 13.2. The van der Waals surface area contributed by atoms with E-state index in [1.165, 1.54) is 30.3 Å². The molecule has 0 aromatic heterocycles. The van der Waals surface area contributed by atoms with Crippen LogP contribution in [-0.4, -0.2) is 24.6 Å². The van der Waals surface area contributed by atoms with Crippen LogP contribution in [0.2, 0.25) is 5.02 Å². The second-order valence-electron chi connectivity index (χ2n) is 6.40. The molecule has 0 bridgehead atoms. The standard InChI is InChI=1S/C19H19ClN2O5S/c1-2-17(21)19(28(24,25)26,13-4-6-14(20)7-5-13)27-15-8-9-16-12(11-15)3-10-18(23)22-16/h4-9,11,21H,2-3,10H2,1H3,(H,22,23)(H,24,25,26). The molecule has 0 saturated carbocycles. The van der Waals surface area contributed by atoms with Crippen molar-refractivity contribution in [1.82, 2.24) is 0 Å². The zero-order valence-corrected chi connectivity index (χ0v) is 16.6. The molecule has 0 aliphatic carbocycles. The molecular formula is C19H19ClN2O5S. The fraction of sp³-hybridized carbons (Fsp3) is 0.263. The van der Waals surface area contributed by atoms with E-state index in [0.29, 0.717) is 23.6 Å². The molecule has 3 N–H and O–H groups in total. The third-order valence-electron chi connectivity index (χ3n) is 4.57. The molecule has 1 aliphatic rings. The van der Waals surface area contributed by atoms with Crippen molar-refractivity contribution >= 4 is 39.0 Å². The molecule has 2 aromatic rings. The van der Waals surface area contributed by atoms with Crippen molar-refractivity contribution in [2.75, 3.05) is 5.32 Å². The fourth-order valence-corrected chi connectivity index (χ4v) is 4.36. The van der Waals surface area contributed by atoms with Crippen molar-refractivity contribution in [3.05, 3.63) is 58.6 Å². The molecule has 0 saturated heterocycles. The predicted octanol–water partition coefficient (Wildman–Crippen LogP) is 3.77. The van der Waals surface area contributed by atoms with E-state index < -0.39 is 15.1 Å². The van der Waals surface area contributed by atoms with Gasteiger partial charge in [0.15, 0.2) is 0 Å². The summed E-state index contributed by atoms with van der Waals surface area (Å²) < 4.78 is 40.9. The molecule has 28 heavy (non-hydrogen) atoms. The number of hydrogen-bond donors (Lipinski definition) is 3. The molecule has 1 unspecified atom stereocenters. The Bertz CT molecular complexity index is 1040. The number of anilines is 1.